The van der Waals surface area contributed by atoms with Crippen molar-refractivity contribution >= 4 is 40.8 Å². The molecule has 0 aliphatic rings. The van der Waals surface area contributed by atoms with Crippen LogP contribution in [-0.2, 0) is 10.5 Å². The number of rotatable bonds is 6. The molecular weight excluding hydrogens is 324 g/mol. The summed E-state index contributed by atoms with van der Waals surface area (Å²) in [5.74, 6) is 5.55. The van der Waals surface area contributed by atoms with Gasteiger partial charge in [0, 0.05) is 5.75 Å². The van der Waals surface area contributed by atoms with Crippen LogP contribution in [0.4, 0.5) is 0 Å². The number of nitrogens with zero attached hydrogens (tertiary/aromatic N) is 2. The number of hydrogen-bond acceptors (Lipinski definition) is 7. The Hall–Kier alpha value is -1.09. The van der Waals surface area contributed by atoms with Crippen molar-refractivity contribution in [3.63, 3.8) is 0 Å². The van der Waals surface area contributed by atoms with E-state index in [1.165, 1.54) is 5.56 Å². The third kappa shape index (κ3) is 4.44. The van der Waals surface area contributed by atoms with Gasteiger partial charge in [0.05, 0.1) is 5.92 Å². The minimum absolute atomic E-state index is 0.185. The summed E-state index contributed by atoms with van der Waals surface area (Å²) in [7, 11) is 0. The molecule has 2 aromatic rings. The first-order chi connectivity index (χ1) is 10.1. The van der Waals surface area contributed by atoms with Gasteiger partial charge in [0.15, 0.2) is 8.68 Å². The molecule has 0 bridgehead atoms. The highest BCUT2D eigenvalue weighted by atomic mass is 32.2. The van der Waals surface area contributed by atoms with Gasteiger partial charge in [0.1, 0.15) is 0 Å². The molecule has 8 heteroatoms. The van der Waals surface area contributed by atoms with Gasteiger partial charge in [-0.15, -0.1) is 10.2 Å². The predicted octanol–water partition coefficient (Wildman–Crippen LogP) is 2.65. The molecule has 0 radical (unpaired) electrons. The Bertz CT molecular complexity index is 600. The Kier molecular flexibility index (Phi) is 6.04. The molecule has 0 saturated heterocycles. The van der Waals surface area contributed by atoms with Crippen LogP contribution in [0.25, 0.3) is 0 Å². The molecule has 0 spiro atoms. The van der Waals surface area contributed by atoms with Crippen molar-refractivity contribution in [2.24, 2.45) is 5.84 Å². The minimum Gasteiger partial charge on any atom is -0.294 e. The van der Waals surface area contributed by atoms with Crippen LogP contribution in [0, 0.1) is 0 Å². The summed E-state index contributed by atoms with van der Waals surface area (Å²) in [5, 5.41) is 8.19. The first-order valence-electron chi connectivity index (χ1n) is 6.23. The molecule has 2 rings (SSSR count). The zero-order valence-corrected chi connectivity index (χ0v) is 14.1. The Labute approximate surface area is 136 Å². The maximum Gasteiger partial charge on any atom is 0.241 e. The number of thioether (sulfide) groups is 2. The largest absolute Gasteiger partial charge is 0.294 e. The topological polar surface area (TPSA) is 80.9 Å². The summed E-state index contributed by atoms with van der Waals surface area (Å²) < 4.78 is 1.95. The number of aromatic nitrogens is 2. The second kappa shape index (κ2) is 7.79. The van der Waals surface area contributed by atoms with Gasteiger partial charge < -0.3 is 0 Å². The van der Waals surface area contributed by atoms with Gasteiger partial charge in [0.25, 0.3) is 0 Å². The van der Waals surface area contributed by atoms with Crippen molar-refractivity contribution in [3.05, 3.63) is 35.4 Å². The van der Waals surface area contributed by atoms with Gasteiger partial charge in [-0.1, -0.05) is 59.1 Å². The molecule has 3 N–H and O–H groups in total. The van der Waals surface area contributed by atoms with Crippen LogP contribution < -0.4 is 11.3 Å². The minimum atomic E-state index is -0.246. The molecule has 1 unspecified atom stereocenters. The third-order valence-corrected chi connectivity index (χ3v) is 6.04. The Balaban J connectivity index is 1.94. The lowest BCUT2D eigenvalue weighted by Gasteiger charge is -2.10. The van der Waals surface area contributed by atoms with E-state index in [1.54, 1.807) is 34.9 Å². The maximum atomic E-state index is 11.5. The fourth-order valence-corrected chi connectivity index (χ4v) is 4.06. The number of amides is 1. The van der Waals surface area contributed by atoms with E-state index in [-0.39, 0.29) is 11.8 Å². The number of hydrazine groups is 1. The second-order valence-electron chi connectivity index (χ2n) is 4.30. The Morgan fingerprint density at radius 2 is 2.00 bits per heavy atom. The van der Waals surface area contributed by atoms with E-state index in [0.717, 1.165) is 20.0 Å². The van der Waals surface area contributed by atoms with Crippen LogP contribution in [0.1, 0.15) is 24.0 Å². The highest BCUT2D eigenvalue weighted by Gasteiger charge is 2.13. The lowest BCUT2D eigenvalue weighted by atomic mass is 10.00. The van der Waals surface area contributed by atoms with Crippen molar-refractivity contribution in [3.8, 4) is 0 Å². The Morgan fingerprint density at radius 1 is 1.33 bits per heavy atom. The molecule has 5 nitrogen and oxygen atoms in total. The number of carbonyl (C=O) groups excluding carboxylic acids is 1. The van der Waals surface area contributed by atoms with Crippen molar-refractivity contribution in [2.45, 2.75) is 27.3 Å². The van der Waals surface area contributed by atoms with E-state index >= 15 is 0 Å². The normalized spacial score (nSPS) is 12.1. The summed E-state index contributed by atoms with van der Waals surface area (Å²) >= 11 is 4.88. The summed E-state index contributed by atoms with van der Waals surface area (Å²) in [6, 6.07) is 7.98. The molecule has 0 aliphatic carbocycles. The van der Waals surface area contributed by atoms with E-state index in [4.69, 9.17) is 5.84 Å². The van der Waals surface area contributed by atoms with E-state index in [2.05, 4.69) is 15.6 Å². The van der Waals surface area contributed by atoms with E-state index in [0.29, 0.717) is 0 Å². The molecule has 0 aliphatic heterocycles. The SMILES string of the molecule is CSc1nnc(SCc2ccc(C(C)C(=O)NN)cc2)s1. The van der Waals surface area contributed by atoms with Gasteiger partial charge in [0.2, 0.25) is 5.91 Å². The van der Waals surface area contributed by atoms with Gasteiger partial charge >= 0.3 is 0 Å². The Morgan fingerprint density at radius 3 is 2.57 bits per heavy atom. The number of nitrogens with one attached hydrogen (secondary N) is 1. The first kappa shape index (κ1) is 16.3. The summed E-state index contributed by atoms with van der Waals surface area (Å²) in [6.45, 7) is 1.83. The molecule has 21 heavy (non-hydrogen) atoms. The van der Waals surface area contributed by atoms with E-state index in [9.17, 15) is 4.79 Å². The zero-order chi connectivity index (χ0) is 15.2. The quantitative estimate of drug-likeness (QED) is 0.364. The van der Waals surface area contributed by atoms with E-state index < -0.39 is 0 Å². The van der Waals surface area contributed by atoms with Crippen LogP contribution >= 0.6 is 34.9 Å². The average Bonchev–Trinajstić information content (AvgIpc) is 3.00. The average molecular weight is 340 g/mol. The molecule has 1 atom stereocenters. The fraction of sp³-hybridized carbons (Fsp3) is 0.308. The molecule has 1 aromatic carbocycles. The molecule has 1 amide bonds. The number of carbonyl (C=O) groups is 1. The van der Waals surface area contributed by atoms with Crippen molar-refractivity contribution in [1.29, 1.82) is 0 Å². The maximum absolute atomic E-state index is 11.5. The van der Waals surface area contributed by atoms with Crippen molar-refractivity contribution < 1.29 is 4.79 Å². The molecule has 0 fully saturated rings. The standard InChI is InChI=1S/C13H16N4OS3/c1-8(11(18)15-14)10-5-3-9(4-6-10)7-20-13-17-16-12(19-2)21-13/h3-6,8H,7,14H2,1-2H3,(H,15,18). The van der Waals surface area contributed by atoms with Gasteiger partial charge in [-0.2, -0.15) is 0 Å². The highest BCUT2D eigenvalue weighted by molar-refractivity contribution is 8.02. The molecule has 112 valence electrons. The number of hydrogen-bond donors (Lipinski definition) is 2. The molecule has 0 saturated carbocycles. The summed E-state index contributed by atoms with van der Waals surface area (Å²) in [5.41, 5.74) is 4.31. The number of benzene rings is 1. The van der Waals surface area contributed by atoms with Gasteiger partial charge in [-0.25, -0.2) is 5.84 Å². The molecule has 1 aromatic heterocycles. The third-order valence-electron chi connectivity index (χ3n) is 2.94. The van der Waals surface area contributed by atoms with Gasteiger partial charge in [-0.3, -0.25) is 10.2 Å². The lowest BCUT2D eigenvalue weighted by molar-refractivity contribution is -0.122. The molecular formula is C13H16N4OS3. The second-order valence-corrected chi connectivity index (χ2v) is 7.55. The van der Waals surface area contributed by atoms with Gasteiger partial charge in [-0.05, 0) is 24.3 Å². The highest BCUT2D eigenvalue weighted by Crippen LogP contribution is 2.29. The van der Waals surface area contributed by atoms with E-state index in [1.807, 2.05) is 37.4 Å². The fourth-order valence-electron chi connectivity index (χ4n) is 1.66. The van der Waals surface area contributed by atoms with Crippen LogP contribution in [0.2, 0.25) is 0 Å². The first-order valence-corrected chi connectivity index (χ1v) is 9.26. The smallest absolute Gasteiger partial charge is 0.241 e. The predicted molar refractivity (Wildman–Crippen MR) is 88.4 cm³/mol. The van der Waals surface area contributed by atoms with Crippen LogP contribution in [0.15, 0.2) is 32.9 Å². The summed E-state index contributed by atoms with van der Waals surface area (Å²) in [6.07, 6.45) is 1.99. The van der Waals surface area contributed by atoms with Crippen LogP contribution in [0.5, 0.6) is 0 Å². The monoisotopic (exact) mass is 340 g/mol. The number of nitrogens with two attached hydrogens (primary N) is 1. The lowest BCUT2D eigenvalue weighted by Crippen LogP contribution is -2.33. The van der Waals surface area contributed by atoms with Crippen molar-refractivity contribution in [1.82, 2.24) is 15.6 Å². The summed E-state index contributed by atoms with van der Waals surface area (Å²) in [4.78, 5) is 11.5. The van der Waals surface area contributed by atoms with Crippen molar-refractivity contribution in [2.75, 3.05) is 6.26 Å². The molecule has 1 heterocycles. The zero-order valence-electron chi connectivity index (χ0n) is 11.7. The van der Waals surface area contributed by atoms with Crippen LogP contribution in [-0.4, -0.2) is 22.4 Å². The van der Waals surface area contributed by atoms with Crippen LogP contribution in [0.3, 0.4) is 0 Å².